The van der Waals surface area contributed by atoms with E-state index in [1.54, 1.807) is 0 Å². The van der Waals surface area contributed by atoms with Crippen LogP contribution in [0.2, 0.25) is 0 Å². The number of hydrogen-bond donors (Lipinski definition) is 1. The third-order valence-corrected chi connectivity index (χ3v) is 5.09. The summed E-state index contributed by atoms with van der Waals surface area (Å²) in [6.07, 6.45) is 9.57. The molecule has 1 aliphatic carbocycles. The fourth-order valence-corrected chi connectivity index (χ4v) is 3.73. The molecule has 116 valence electrons. The summed E-state index contributed by atoms with van der Waals surface area (Å²) in [7, 11) is 0. The molecule has 1 aromatic carbocycles. The second-order valence-corrected chi connectivity index (χ2v) is 7.00. The molecule has 1 aliphatic rings. The number of nitrogens with one attached hydrogen (secondary N) is 1. The molecule has 3 heteroatoms. The van der Waals surface area contributed by atoms with Gasteiger partial charge in [-0.2, -0.15) is 11.8 Å². The van der Waals surface area contributed by atoms with Gasteiger partial charge in [0.15, 0.2) is 0 Å². The van der Waals surface area contributed by atoms with Gasteiger partial charge < -0.3 is 5.32 Å². The molecule has 0 atom stereocenters. The van der Waals surface area contributed by atoms with Gasteiger partial charge >= 0.3 is 0 Å². The molecule has 21 heavy (non-hydrogen) atoms. The lowest BCUT2D eigenvalue weighted by atomic mass is 9.97. The zero-order valence-electron chi connectivity index (χ0n) is 12.9. The molecule has 2 rings (SSSR count). The predicted molar refractivity (Wildman–Crippen MR) is 91.5 cm³/mol. The molecule has 0 unspecified atom stereocenters. The maximum atomic E-state index is 12.0. The van der Waals surface area contributed by atoms with Crippen molar-refractivity contribution in [3.8, 4) is 0 Å². The molecule has 0 aliphatic heterocycles. The van der Waals surface area contributed by atoms with Gasteiger partial charge in [0.25, 0.3) is 0 Å². The molecule has 0 bridgehead atoms. The van der Waals surface area contributed by atoms with E-state index in [1.807, 2.05) is 17.8 Å². The highest BCUT2D eigenvalue weighted by Gasteiger charge is 2.13. The van der Waals surface area contributed by atoms with E-state index in [9.17, 15) is 4.79 Å². The van der Waals surface area contributed by atoms with E-state index in [0.717, 1.165) is 11.5 Å². The van der Waals surface area contributed by atoms with Gasteiger partial charge in [-0.25, -0.2) is 0 Å². The van der Waals surface area contributed by atoms with Crippen LogP contribution in [0.15, 0.2) is 30.3 Å². The van der Waals surface area contributed by atoms with Gasteiger partial charge in [0.2, 0.25) is 5.91 Å². The lowest BCUT2D eigenvalue weighted by Crippen LogP contribution is -2.35. The normalized spacial score (nSPS) is 17.0. The Morgan fingerprint density at radius 1 is 1.05 bits per heavy atom. The quantitative estimate of drug-likeness (QED) is 0.782. The van der Waals surface area contributed by atoms with Gasteiger partial charge in [-0.15, -0.1) is 0 Å². The molecular formula is C18H27NOS. The van der Waals surface area contributed by atoms with Crippen LogP contribution >= 0.6 is 11.8 Å². The van der Waals surface area contributed by atoms with E-state index >= 15 is 0 Å². The summed E-state index contributed by atoms with van der Waals surface area (Å²) in [6, 6.07) is 10.9. The molecule has 0 spiro atoms. The minimum atomic E-state index is 0.237. The first-order valence-corrected chi connectivity index (χ1v) is 9.41. The molecule has 0 radical (unpaired) electrons. The van der Waals surface area contributed by atoms with Crippen LogP contribution in [0.4, 0.5) is 0 Å². The second kappa shape index (κ2) is 9.88. The van der Waals surface area contributed by atoms with Crippen molar-refractivity contribution in [3.63, 3.8) is 0 Å². The van der Waals surface area contributed by atoms with E-state index in [4.69, 9.17) is 0 Å². The summed E-state index contributed by atoms with van der Waals surface area (Å²) in [5.41, 5.74) is 1.34. The van der Waals surface area contributed by atoms with Gasteiger partial charge in [-0.05, 0) is 18.4 Å². The smallest absolute Gasteiger partial charge is 0.221 e. The Morgan fingerprint density at radius 2 is 1.71 bits per heavy atom. The number of carbonyl (C=O) groups excluding carboxylic acids is 1. The molecule has 1 amide bonds. The Labute approximate surface area is 133 Å². The molecule has 0 heterocycles. The van der Waals surface area contributed by atoms with Gasteiger partial charge in [-0.3, -0.25) is 4.79 Å². The summed E-state index contributed by atoms with van der Waals surface area (Å²) >= 11 is 1.84. The topological polar surface area (TPSA) is 29.1 Å². The third-order valence-electron chi connectivity index (χ3n) is 4.06. The number of carbonyl (C=O) groups is 1. The zero-order chi connectivity index (χ0) is 14.8. The highest BCUT2D eigenvalue weighted by molar-refractivity contribution is 7.98. The highest BCUT2D eigenvalue weighted by atomic mass is 32.2. The second-order valence-electron chi connectivity index (χ2n) is 5.90. The fourth-order valence-electron chi connectivity index (χ4n) is 2.83. The summed E-state index contributed by atoms with van der Waals surface area (Å²) < 4.78 is 0. The molecular weight excluding hydrogens is 278 g/mol. The van der Waals surface area contributed by atoms with E-state index in [1.165, 1.54) is 50.5 Å². The first kappa shape index (κ1) is 16.4. The van der Waals surface area contributed by atoms with Gasteiger partial charge in [-0.1, -0.05) is 62.4 Å². The van der Waals surface area contributed by atoms with Crippen LogP contribution in [0.5, 0.6) is 0 Å². The number of hydrogen-bond acceptors (Lipinski definition) is 2. The monoisotopic (exact) mass is 305 g/mol. The van der Waals surface area contributed by atoms with Crippen molar-refractivity contribution < 1.29 is 4.79 Å². The number of benzene rings is 1. The van der Waals surface area contributed by atoms with Crippen LogP contribution < -0.4 is 5.32 Å². The fraction of sp³-hybridized carbons (Fsp3) is 0.611. The van der Waals surface area contributed by atoms with Gasteiger partial charge in [0.05, 0.1) is 0 Å². The largest absolute Gasteiger partial charge is 0.353 e. The lowest BCUT2D eigenvalue weighted by molar-refractivity contribution is -0.121. The average molecular weight is 305 g/mol. The third kappa shape index (κ3) is 7.03. The van der Waals surface area contributed by atoms with Crippen LogP contribution in [0, 0.1) is 0 Å². The van der Waals surface area contributed by atoms with Crippen LogP contribution in [0.25, 0.3) is 0 Å². The Kier molecular flexibility index (Phi) is 7.72. The van der Waals surface area contributed by atoms with Crippen molar-refractivity contribution in [1.29, 1.82) is 0 Å². The maximum absolute atomic E-state index is 12.0. The standard InChI is InChI=1S/C18H27NOS/c20-18(19-17-11-7-2-1-3-8-12-17)13-14-21-15-16-9-5-4-6-10-16/h4-6,9-10,17H,1-3,7-8,11-15H2,(H,19,20). The Balaban J connectivity index is 1.58. The van der Waals surface area contributed by atoms with Crippen molar-refractivity contribution >= 4 is 17.7 Å². The molecule has 0 saturated heterocycles. The minimum absolute atomic E-state index is 0.237. The summed E-state index contributed by atoms with van der Waals surface area (Å²) in [5.74, 6) is 2.14. The Hall–Kier alpha value is -0.960. The van der Waals surface area contributed by atoms with Gasteiger partial charge in [0.1, 0.15) is 0 Å². The van der Waals surface area contributed by atoms with E-state index in [0.29, 0.717) is 12.5 Å². The summed E-state index contributed by atoms with van der Waals surface area (Å²) in [4.78, 5) is 12.0. The van der Waals surface area contributed by atoms with E-state index in [2.05, 4.69) is 29.6 Å². The molecule has 1 N–H and O–H groups in total. The number of amides is 1. The van der Waals surface area contributed by atoms with Gasteiger partial charge in [0, 0.05) is 24.0 Å². The molecule has 1 saturated carbocycles. The zero-order valence-corrected chi connectivity index (χ0v) is 13.7. The number of thioether (sulfide) groups is 1. The first-order valence-electron chi connectivity index (χ1n) is 8.25. The van der Waals surface area contributed by atoms with E-state index in [-0.39, 0.29) is 5.91 Å². The van der Waals surface area contributed by atoms with Crippen LogP contribution in [0.3, 0.4) is 0 Å². The molecule has 1 fully saturated rings. The highest BCUT2D eigenvalue weighted by Crippen LogP contribution is 2.17. The summed E-state index contributed by atoms with van der Waals surface area (Å²) in [5, 5.41) is 3.23. The minimum Gasteiger partial charge on any atom is -0.353 e. The van der Waals surface area contributed by atoms with E-state index < -0.39 is 0 Å². The lowest BCUT2D eigenvalue weighted by Gasteiger charge is -2.21. The SMILES string of the molecule is O=C(CCSCc1ccccc1)NC1CCCCCCC1. The van der Waals surface area contributed by atoms with Crippen molar-refractivity contribution in [1.82, 2.24) is 5.32 Å². The van der Waals surface area contributed by atoms with Crippen LogP contribution in [-0.4, -0.2) is 17.7 Å². The van der Waals surface area contributed by atoms with Crippen molar-refractivity contribution in [2.24, 2.45) is 0 Å². The van der Waals surface area contributed by atoms with Crippen molar-refractivity contribution in [2.75, 3.05) is 5.75 Å². The van der Waals surface area contributed by atoms with Crippen molar-refractivity contribution in [2.45, 2.75) is 63.2 Å². The van der Waals surface area contributed by atoms with Crippen LogP contribution in [-0.2, 0) is 10.5 Å². The van der Waals surface area contributed by atoms with Crippen LogP contribution in [0.1, 0.15) is 56.9 Å². The maximum Gasteiger partial charge on any atom is 0.221 e. The first-order chi connectivity index (χ1) is 10.3. The summed E-state index contributed by atoms with van der Waals surface area (Å²) in [6.45, 7) is 0. The molecule has 0 aromatic heterocycles. The Bertz CT molecular complexity index is 399. The average Bonchev–Trinajstić information content (AvgIpc) is 2.47. The predicted octanol–water partition coefficient (Wildman–Crippen LogP) is 4.54. The molecule has 1 aromatic rings. The van der Waals surface area contributed by atoms with Crippen molar-refractivity contribution in [3.05, 3.63) is 35.9 Å². The number of rotatable bonds is 6. The Morgan fingerprint density at radius 3 is 2.43 bits per heavy atom. The molecule has 2 nitrogen and oxygen atoms in total.